The lowest BCUT2D eigenvalue weighted by atomic mass is 10.2. The van der Waals surface area contributed by atoms with Gasteiger partial charge >= 0.3 is 5.69 Å². The number of carbonyl (C=O) groups excluding carboxylic acids is 1. The molecule has 0 saturated heterocycles. The molecule has 1 aromatic heterocycles. The number of nitrogens with zero attached hydrogens (tertiary/aromatic N) is 3. The zero-order valence-corrected chi connectivity index (χ0v) is 16.0. The second-order valence-corrected chi connectivity index (χ2v) is 6.43. The third-order valence-electron chi connectivity index (χ3n) is 4.16. The highest BCUT2D eigenvalue weighted by molar-refractivity contribution is 6.31. The number of hydrogen-bond donors (Lipinski definition) is 1. The van der Waals surface area contributed by atoms with Crippen molar-refractivity contribution in [2.75, 3.05) is 13.7 Å². The van der Waals surface area contributed by atoms with Crippen LogP contribution in [-0.2, 0) is 13.6 Å². The van der Waals surface area contributed by atoms with Gasteiger partial charge in [0, 0.05) is 24.2 Å². The maximum atomic E-state index is 13.1. The fraction of sp³-hybridized carbons (Fsp3) is 0.211. The summed E-state index contributed by atoms with van der Waals surface area (Å²) in [6.45, 7) is 0.344. The highest BCUT2D eigenvalue weighted by Gasteiger charge is 2.15. The molecular formula is C19H18ClFN4O3. The van der Waals surface area contributed by atoms with Gasteiger partial charge in [-0.3, -0.25) is 9.36 Å². The van der Waals surface area contributed by atoms with Crippen molar-refractivity contribution in [1.29, 1.82) is 0 Å². The van der Waals surface area contributed by atoms with Crippen LogP contribution in [0.2, 0.25) is 5.02 Å². The number of hydrogen-bond acceptors (Lipinski definition) is 4. The van der Waals surface area contributed by atoms with Gasteiger partial charge in [0.2, 0.25) is 0 Å². The fourth-order valence-electron chi connectivity index (χ4n) is 2.71. The van der Waals surface area contributed by atoms with Crippen LogP contribution in [0, 0.1) is 5.82 Å². The van der Waals surface area contributed by atoms with E-state index in [1.165, 1.54) is 34.6 Å². The number of carbonyl (C=O) groups is 1. The van der Waals surface area contributed by atoms with Crippen molar-refractivity contribution in [3.8, 4) is 17.1 Å². The normalized spacial score (nSPS) is 10.7. The first kappa shape index (κ1) is 19.6. The number of rotatable bonds is 6. The van der Waals surface area contributed by atoms with E-state index in [4.69, 9.17) is 16.3 Å². The summed E-state index contributed by atoms with van der Waals surface area (Å²) in [7, 11) is 3.05. The first-order valence-corrected chi connectivity index (χ1v) is 8.80. The van der Waals surface area contributed by atoms with Crippen molar-refractivity contribution in [3.05, 3.63) is 69.4 Å². The minimum Gasteiger partial charge on any atom is -0.496 e. The smallest absolute Gasteiger partial charge is 0.345 e. The monoisotopic (exact) mass is 404 g/mol. The van der Waals surface area contributed by atoms with Crippen LogP contribution in [0.25, 0.3) is 11.4 Å². The third-order valence-corrected chi connectivity index (χ3v) is 4.39. The standard InChI is InChI=1S/C19H18ClFN4O3/c1-24-17(12-3-6-14(21)7-4-12)23-25(19(24)27)10-9-22-18(26)15-11-13(20)5-8-16(15)28-2/h3-8,11H,9-10H2,1-2H3,(H,22,26). The lowest BCUT2D eigenvalue weighted by Gasteiger charge is -2.09. The van der Waals surface area contributed by atoms with Crippen LogP contribution >= 0.6 is 11.6 Å². The molecule has 146 valence electrons. The Morgan fingerprint density at radius 3 is 2.64 bits per heavy atom. The van der Waals surface area contributed by atoms with Crippen LogP contribution in [-0.4, -0.2) is 33.9 Å². The van der Waals surface area contributed by atoms with E-state index >= 15 is 0 Å². The third kappa shape index (κ3) is 4.07. The van der Waals surface area contributed by atoms with Gasteiger partial charge < -0.3 is 10.1 Å². The SMILES string of the molecule is COc1ccc(Cl)cc1C(=O)NCCn1nc(-c2ccc(F)cc2)n(C)c1=O. The fourth-order valence-corrected chi connectivity index (χ4v) is 2.88. The van der Waals surface area contributed by atoms with Crippen LogP contribution < -0.4 is 15.7 Å². The number of halogens is 2. The molecule has 3 rings (SSSR count). The number of amides is 1. The van der Waals surface area contributed by atoms with Crippen LogP contribution in [0.5, 0.6) is 5.75 Å². The van der Waals surface area contributed by atoms with Crippen molar-refractivity contribution in [3.63, 3.8) is 0 Å². The van der Waals surface area contributed by atoms with Crippen molar-refractivity contribution in [1.82, 2.24) is 19.7 Å². The molecule has 1 heterocycles. The van der Waals surface area contributed by atoms with Crippen LogP contribution in [0.15, 0.2) is 47.3 Å². The largest absolute Gasteiger partial charge is 0.496 e. The molecule has 28 heavy (non-hydrogen) atoms. The van der Waals surface area contributed by atoms with Crippen molar-refractivity contribution in [2.24, 2.45) is 7.05 Å². The molecule has 1 N–H and O–H groups in total. The average Bonchev–Trinajstić information content (AvgIpc) is 2.97. The summed E-state index contributed by atoms with van der Waals surface area (Å²) in [5, 5.41) is 7.40. The van der Waals surface area contributed by atoms with Crippen LogP contribution in [0.1, 0.15) is 10.4 Å². The second kappa shape index (κ2) is 8.26. The van der Waals surface area contributed by atoms with Gasteiger partial charge in [0.25, 0.3) is 5.91 Å². The molecule has 0 aliphatic heterocycles. The predicted octanol–water partition coefficient (Wildman–Crippen LogP) is 2.48. The molecule has 0 bridgehead atoms. The minimum atomic E-state index is -0.373. The highest BCUT2D eigenvalue weighted by atomic mass is 35.5. The van der Waals surface area contributed by atoms with Gasteiger partial charge in [-0.05, 0) is 42.5 Å². The Morgan fingerprint density at radius 2 is 1.96 bits per heavy atom. The zero-order chi connectivity index (χ0) is 20.3. The Balaban J connectivity index is 1.71. The number of methoxy groups -OCH3 is 1. The molecule has 9 heteroatoms. The summed E-state index contributed by atoms with van der Waals surface area (Å²) < 4.78 is 20.9. The molecule has 3 aromatic rings. The molecule has 0 unspecified atom stereocenters. The molecule has 0 fully saturated rings. The summed E-state index contributed by atoms with van der Waals surface area (Å²) in [5.74, 6) is 0.0674. The topological polar surface area (TPSA) is 78.2 Å². The minimum absolute atomic E-state index is 0.169. The van der Waals surface area contributed by atoms with E-state index in [1.54, 1.807) is 31.3 Å². The lowest BCUT2D eigenvalue weighted by Crippen LogP contribution is -2.32. The Morgan fingerprint density at radius 1 is 1.25 bits per heavy atom. The van der Waals surface area contributed by atoms with E-state index in [0.29, 0.717) is 27.7 Å². The van der Waals surface area contributed by atoms with Crippen molar-refractivity contribution >= 4 is 17.5 Å². The highest BCUT2D eigenvalue weighted by Crippen LogP contribution is 2.22. The molecule has 0 aliphatic rings. The second-order valence-electron chi connectivity index (χ2n) is 6.00. The van der Waals surface area contributed by atoms with Gasteiger partial charge in [-0.2, -0.15) is 0 Å². The van der Waals surface area contributed by atoms with Gasteiger partial charge in [0.15, 0.2) is 5.82 Å². The van der Waals surface area contributed by atoms with Gasteiger partial charge in [-0.1, -0.05) is 11.6 Å². The number of aromatic nitrogens is 3. The Kier molecular flexibility index (Phi) is 5.79. The van der Waals surface area contributed by atoms with Gasteiger partial charge in [0.05, 0.1) is 19.2 Å². The van der Waals surface area contributed by atoms with E-state index in [-0.39, 0.29) is 30.5 Å². The Bertz CT molecular complexity index is 1060. The molecular weight excluding hydrogens is 387 g/mol. The first-order chi connectivity index (χ1) is 13.4. The summed E-state index contributed by atoms with van der Waals surface area (Å²) >= 11 is 5.94. The summed E-state index contributed by atoms with van der Waals surface area (Å²) in [6, 6.07) is 10.4. The first-order valence-electron chi connectivity index (χ1n) is 8.42. The summed E-state index contributed by atoms with van der Waals surface area (Å²) in [6.07, 6.45) is 0. The average molecular weight is 405 g/mol. The molecule has 0 radical (unpaired) electrons. The van der Waals surface area contributed by atoms with E-state index < -0.39 is 0 Å². The van der Waals surface area contributed by atoms with Crippen molar-refractivity contribution in [2.45, 2.75) is 6.54 Å². The van der Waals surface area contributed by atoms with Crippen LogP contribution in [0.3, 0.4) is 0 Å². The van der Waals surface area contributed by atoms with Crippen molar-refractivity contribution < 1.29 is 13.9 Å². The number of ether oxygens (including phenoxy) is 1. The number of benzene rings is 2. The maximum absolute atomic E-state index is 13.1. The van der Waals surface area contributed by atoms with Gasteiger partial charge in [0.1, 0.15) is 11.6 Å². The molecule has 2 aromatic carbocycles. The molecule has 7 nitrogen and oxygen atoms in total. The van der Waals surface area contributed by atoms with E-state index in [2.05, 4.69) is 10.4 Å². The quantitative estimate of drug-likeness (QED) is 0.684. The molecule has 1 amide bonds. The van der Waals surface area contributed by atoms with Gasteiger partial charge in [-0.15, -0.1) is 5.10 Å². The Hall–Kier alpha value is -3.13. The van der Waals surface area contributed by atoms with E-state index in [9.17, 15) is 14.0 Å². The maximum Gasteiger partial charge on any atom is 0.345 e. The lowest BCUT2D eigenvalue weighted by molar-refractivity contribution is 0.0948. The summed E-state index contributed by atoms with van der Waals surface area (Å²) in [5.41, 5.74) is 0.580. The van der Waals surface area contributed by atoms with E-state index in [0.717, 1.165) is 0 Å². The Labute approximate surface area is 165 Å². The molecule has 0 atom stereocenters. The predicted molar refractivity (Wildman–Crippen MR) is 103 cm³/mol. The molecule has 0 aliphatic carbocycles. The zero-order valence-electron chi connectivity index (χ0n) is 15.3. The van der Waals surface area contributed by atoms with Gasteiger partial charge in [-0.25, -0.2) is 13.9 Å². The number of nitrogens with one attached hydrogen (secondary N) is 1. The van der Waals surface area contributed by atoms with Crippen LogP contribution in [0.4, 0.5) is 4.39 Å². The van der Waals surface area contributed by atoms with E-state index in [1.807, 2.05) is 0 Å². The molecule has 0 saturated carbocycles. The summed E-state index contributed by atoms with van der Waals surface area (Å²) in [4.78, 5) is 24.7. The molecule has 0 spiro atoms.